The first-order valence-electron chi connectivity index (χ1n) is 6.98. The molecule has 2 aromatic rings. The fourth-order valence-electron chi connectivity index (χ4n) is 2.63. The summed E-state index contributed by atoms with van der Waals surface area (Å²) >= 11 is 1.42. The maximum absolute atomic E-state index is 12.2. The van der Waals surface area contributed by atoms with Gasteiger partial charge in [0.1, 0.15) is 10.7 Å². The van der Waals surface area contributed by atoms with Crippen LogP contribution in [-0.2, 0) is 19.4 Å². The Morgan fingerprint density at radius 2 is 2.45 bits per heavy atom. The number of hydrogen-bond acceptors (Lipinski definition) is 4. The molecule has 2 aromatic heterocycles. The Morgan fingerprint density at radius 3 is 3.30 bits per heavy atom. The van der Waals surface area contributed by atoms with Crippen LogP contribution in [-0.4, -0.2) is 27.0 Å². The molecule has 0 bridgehead atoms. The normalized spacial score (nSPS) is 17.8. The van der Waals surface area contributed by atoms with Crippen molar-refractivity contribution < 1.29 is 4.79 Å². The lowest BCUT2D eigenvalue weighted by atomic mass is 9.99. The van der Waals surface area contributed by atoms with Crippen molar-refractivity contribution in [2.24, 2.45) is 5.92 Å². The van der Waals surface area contributed by atoms with Crippen molar-refractivity contribution in [2.45, 2.75) is 32.7 Å². The predicted molar refractivity (Wildman–Crippen MR) is 77.9 cm³/mol. The number of carbonyl (C=O) groups excluding carboxylic acids is 1. The van der Waals surface area contributed by atoms with Crippen molar-refractivity contribution in [3.8, 4) is 0 Å². The van der Waals surface area contributed by atoms with Crippen LogP contribution in [0.5, 0.6) is 0 Å². The van der Waals surface area contributed by atoms with Crippen molar-refractivity contribution in [1.29, 1.82) is 0 Å². The van der Waals surface area contributed by atoms with Crippen LogP contribution in [0.2, 0.25) is 0 Å². The monoisotopic (exact) mass is 290 g/mol. The van der Waals surface area contributed by atoms with Crippen molar-refractivity contribution in [1.82, 2.24) is 19.9 Å². The van der Waals surface area contributed by atoms with Crippen LogP contribution in [0.25, 0.3) is 0 Å². The molecular weight excluding hydrogens is 272 g/mol. The van der Waals surface area contributed by atoms with E-state index in [0.29, 0.717) is 5.92 Å². The van der Waals surface area contributed by atoms with Gasteiger partial charge in [-0.05, 0) is 18.8 Å². The number of carbonyl (C=O) groups is 1. The second kappa shape index (κ2) is 5.75. The predicted octanol–water partition coefficient (Wildman–Crippen LogP) is 1.89. The zero-order chi connectivity index (χ0) is 13.9. The fourth-order valence-corrected chi connectivity index (χ4v) is 3.42. The summed E-state index contributed by atoms with van der Waals surface area (Å²) in [6.45, 7) is 3.68. The van der Waals surface area contributed by atoms with Crippen LogP contribution in [0.4, 0.5) is 0 Å². The molecule has 0 saturated carbocycles. The number of hydrogen-bond donors (Lipinski definition) is 1. The third-order valence-corrected chi connectivity index (χ3v) is 4.63. The van der Waals surface area contributed by atoms with E-state index in [2.05, 4.69) is 19.9 Å². The van der Waals surface area contributed by atoms with Crippen LogP contribution in [0.15, 0.2) is 17.9 Å². The SMILES string of the molecule is CCc1ncsc1C(=O)NCC1CCc2nccn2C1. The van der Waals surface area contributed by atoms with E-state index in [1.54, 1.807) is 5.51 Å². The van der Waals surface area contributed by atoms with E-state index in [4.69, 9.17) is 0 Å². The summed E-state index contributed by atoms with van der Waals surface area (Å²) in [7, 11) is 0. The smallest absolute Gasteiger partial charge is 0.263 e. The first kappa shape index (κ1) is 13.3. The molecule has 0 fully saturated rings. The Morgan fingerprint density at radius 1 is 1.55 bits per heavy atom. The molecule has 0 spiro atoms. The topological polar surface area (TPSA) is 59.8 Å². The Balaban J connectivity index is 1.57. The van der Waals surface area contributed by atoms with E-state index < -0.39 is 0 Å². The number of nitrogens with zero attached hydrogens (tertiary/aromatic N) is 3. The number of imidazole rings is 1. The molecular formula is C14H18N4OS. The number of thiazole rings is 1. The maximum atomic E-state index is 12.2. The summed E-state index contributed by atoms with van der Waals surface area (Å²) in [4.78, 5) is 21.5. The summed E-state index contributed by atoms with van der Waals surface area (Å²) in [6, 6.07) is 0. The van der Waals surface area contributed by atoms with E-state index in [1.165, 1.54) is 11.3 Å². The number of fused-ring (bicyclic) bond motifs is 1. The average Bonchev–Trinajstić information content (AvgIpc) is 3.12. The Bertz CT molecular complexity index is 604. The Labute approximate surface area is 122 Å². The first-order valence-corrected chi connectivity index (χ1v) is 7.86. The molecule has 0 saturated heterocycles. The summed E-state index contributed by atoms with van der Waals surface area (Å²) in [5, 5.41) is 3.05. The van der Waals surface area contributed by atoms with Gasteiger partial charge in [-0.15, -0.1) is 11.3 Å². The lowest BCUT2D eigenvalue weighted by molar-refractivity contribution is 0.0946. The van der Waals surface area contributed by atoms with Gasteiger partial charge in [0.15, 0.2) is 0 Å². The highest BCUT2D eigenvalue weighted by molar-refractivity contribution is 7.11. The fraction of sp³-hybridized carbons (Fsp3) is 0.500. The average molecular weight is 290 g/mol. The zero-order valence-corrected chi connectivity index (χ0v) is 12.3. The van der Waals surface area contributed by atoms with Crippen molar-refractivity contribution >= 4 is 17.2 Å². The number of rotatable bonds is 4. The highest BCUT2D eigenvalue weighted by atomic mass is 32.1. The van der Waals surface area contributed by atoms with Gasteiger partial charge in [0, 0.05) is 31.9 Å². The number of nitrogens with one attached hydrogen (secondary N) is 1. The van der Waals surface area contributed by atoms with E-state index in [1.807, 2.05) is 19.3 Å². The van der Waals surface area contributed by atoms with Crippen LogP contribution in [0.3, 0.4) is 0 Å². The van der Waals surface area contributed by atoms with E-state index in [9.17, 15) is 4.79 Å². The molecule has 3 heterocycles. The molecule has 1 amide bonds. The molecule has 106 valence electrons. The summed E-state index contributed by atoms with van der Waals surface area (Å²) < 4.78 is 2.19. The third-order valence-electron chi connectivity index (χ3n) is 3.77. The van der Waals surface area contributed by atoms with Crippen LogP contribution >= 0.6 is 11.3 Å². The molecule has 6 heteroatoms. The molecule has 5 nitrogen and oxygen atoms in total. The van der Waals surface area contributed by atoms with Gasteiger partial charge in [-0.2, -0.15) is 0 Å². The van der Waals surface area contributed by atoms with E-state index in [0.717, 1.165) is 48.7 Å². The molecule has 0 radical (unpaired) electrons. The summed E-state index contributed by atoms with van der Waals surface area (Å²) in [5.41, 5.74) is 2.64. The molecule has 1 aliphatic heterocycles. The highest BCUT2D eigenvalue weighted by Gasteiger charge is 2.20. The van der Waals surface area contributed by atoms with Gasteiger partial charge in [-0.1, -0.05) is 6.92 Å². The van der Waals surface area contributed by atoms with Gasteiger partial charge < -0.3 is 9.88 Å². The van der Waals surface area contributed by atoms with Crippen LogP contribution < -0.4 is 5.32 Å². The van der Waals surface area contributed by atoms with E-state index in [-0.39, 0.29) is 5.91 Å². The molecule has 0 aliphatic carbocycles. The summed E-state index contributed by atoms with van der Waals surface area (Å²) in [6.07, 6.45) is 6.74. The molecule has 0 aromatic carbocycles. The van der Waals surface area contributed by atoms with Gasteiger partial charge in [-0.25, -0.2) is 9.97 Å². The number of amides is 1. The Hall–Kier alpha value is -1.69. The van der Waals surface area contributed by atoms with Gasteiger partial charge in [0.25, 0.3) is 5.91 Å². The first-order chi connectivity index (χ1) is 9.78. The van der Waals surface area contributed by atoms with Gasteiger partial charge in [-0.3, -0.25) is 4.79 Å². The largest absolute Gasteiger partial charge is 0.351 e. The molecule has 1 unspecified atom stereocenters. The number of aryl methyl sites for hydroxylation is 2. The standard InChI is InChI=1S/C14H18N4OS/c1-2-11-13(20-9-17-11)14(19)16-7-10-3-4-12-15-5-6-18(12)8-10/h5-6,9-10H,2-4,7-8H2,1H3,(H,16,19). The Kier molecular flexibility index (Phi) is 3.82. The minimum Gasteiger partial charge on any atom is -0.351 e. The van der Waals surface area contributed by atoms with Gasteiger partial charge in [0.05, 0.1) is 11.2 Å². The van der Waals surface area contributed by atoms with Crippen molar-refractivity contribution in [2.75, 3.05) is 6.54 Å². The van der Waals surface area contributed by atoms with Crippen LogP contribution in [0, 0.1) is 5.92 Å². The minimum absolute atomic E-state index is 0.0146. The molecule has 1 atom stereocenters. The van der Waals surface area contributed by atoms with Crippen molar-refractivity contribution in [3.05, 3.63) is 34.3 Å². The molecule has 1 N–H and O–H groups in total. The van der Waals surface area contributed by atoms with Gasteiger partial charge >= 0.3 is 0 Å². The summed E-state index contributed by atoms with van der Waals surface area (Å²) in [5.74, 6) is 1.66. The second-order valence-electron chi connectivity index (χ2n) is 5.09. The third kappa shape index (κ3) is 2.60. The zero-order valence-electron chi connectivity index (χ0n) is 11.5. The quantitative estimate of drug-likeness (QED) is 0.935. The number of aromatic nitrogens is 3. The lowest BCUT2D eigenvalue weighted by Crippen LogP contribution is -2.33. The van der Waals surface area contributed by atoms with Crippen LogP contribution in [0.1, 0.15) is 34.5 Å². The minimum atomic E-state index is 0.0146. The molecule has 1 aliphatic rings. The second-order valence-corrected chi connectivity index (χ2v) is 5.95. The molecule has 20 heavy (non-hydrogen) atoms. The maximum Gasteiger partial charge on any atom is 0.263 e. The van der Waals surface area contributed by atoms with Crippen molar-refractivity contribution in [3.63, 3.8) is 0 Å². The highest BCUT2D eigenvalue weighted by Crippen LogP contribution is 2.19. The van der Waals surface area contributed by atoms with Gasteiger partial charge in [0.2, 0.25) is 0 Å². The molecule has 3 rings (SSSR count). The lowest BCUT2D eigenvalue weighted by Gasteiger charge is -2.23. The van der Waals surface area contributed by atoms with E-state index >= 15 is 0 Å².